The molecular formula is C26H30N6O3. The lowest BCUT2D eigenvalue weighted by molar-refractivity contribution is 0.0222. The third-order valence-corrected chi connectivity index (χ3v) is 6.30. The molecule has 9 heteroatoms. The summed E-state index contributed by atoms with van der Waals surface area (Å²) in [5.74, 6) is 0.212. The first-order valence-electron chi connectivity index (χ1n) is 11.8. The maximum Gasteiger partial charge on any atom is 0.410 e. The molecule has 1 fully saturated rings. The number of benzene rings is 1. The Morgan fingerprint density at radius 2 is 2.00 bits per heavy atom. The summed E-state index contributed by atoms with van der Waals surface area (Å²) in [6, 6.07) is 9.29. The number of anilines is 1. The predicted octanol–water partition coefficient (Wildman–Crippen LogP) is 5.08. The Labute approximate surface area is 203 Å². The summed E-state index contributed by atoms with van der Waals surface area (Å²) in [5, 5.41) is 9.24. The van der Waals surface area contributed by atoms with Gasteiger partial charge in [-0.25, -0.2) is 9.78 Å². The van der Waals surface area contributed by atoms with Crippen molar-refractivity contribution in [2.45, 2.75) is 52.2 Å². The molecule has 1 saturated heterocycles. The maximum absolute atomic E-state index is 12.9. The average molecular weight is 475 g/mol. The summed E-state index contributed by atoms with van der Waals surface area (Å²) in [4.78, 5) is 35.2. The number of fused-ring (bicyclic) bond motifs is 2. The van der Waals surface area contributed by atoms with E-state index in [4.69, 9.17) is 4.74 Å². The minimum atomic E-state index is -0.540. The molecule has 4 aromatic rings. The molecule has 5 rings (SSSR count). The smallest absolute Gasteiger partial charge is 0.410 e. The van der Waals surface area contributed by atoms with Crippen molar-refractivity contribution in [2.75, 3.05) is 11.9 Å². The number of hydrogen-bond donors (Lipinski definition) is 2. The van der Waals surface area contributed by atoms with Gasteiger partial charge in [-0.2, -0.15) is 5.10 Å². The molecule has 1 aliphatic rings. The lowest BCUT2D eigenvalue weighted by atomic mass is 10.1. The van der Waals surface area contributed by atoms with Crippen molar-refractivity contribution < 1.29 is 14.3 Å². The molecule has 0 bridgehead atoms. The van der Waals surface area contributed by atoms with Crippen LogP contribution in [0.15, 0.2) is 36.5 Å². The number of aromatic amines is 1. The summed E-state index contributed by atoms with van der Waals surface area (Å²) in [5.41, 5.74) is 3.61. The van der Waals surface area contributed by atoms with Crippen molar-refractivity contribution in [3.05, 3.63) is 53.5 Å². The van der Waals surface area contributed by atoms with Crippen LogP contribution in [0.2, 0.25) is 0 Å². The van der Waals surface area contributed by atoms with E-state index >= 15 is 0 Å². The number of nitrogens with zero attached hydrogens (tertiary/aromatic N) is 4. The van der Waals surface area contributed by atoms with Crippen LogP contribution in [-0.4, -0.2) is 48.8 Å². The predicted molar refractivity (Wildman–Crippen MR) is 134 cm³/mol. The van der Waals surface area contributed by atoms with Gasteiger partial charge in [-0.05, 0) is 58.7 Å². The SMILES string of the molecule is Cc1nn(C)c2cc(C(=O)Nc3cc4[nH]c([C@H]5CCCN5C(=O)OC(C)(C)C)cc4cn3)ccc12. The molecule has 9 nitrogen and oxygen atoms in total. The van der Waals surface area contributed by atoms with E-state index in [0.29, 0.717) is 17.9 Å². The monoisotopic (exact) mass is 474 g/mol. The zero-order valence-corrected chi connectivity index (χ0v) is 20.7. The van der Waals surface area contributed by atoms with Crippen LogP contribution in [0, 0.1) is 6.92 Å². The van der Waals surface area contributed by atoms with Crippen molar-refractivity contribution in [3.63, 3.8) is 0 Å². The first-order valence-corrected chi connectivity index (χ1v) is 11.8. The number of hydrogen-bond acceptors (Lipinski definition) is 5. The number of pyridine rings is 1. The number of H-pyrrole nitrogens is 1. The first kappa shape index (κ1) is 22.9. The van der Waals surface area contributed by atoms with Crippen LogP contribution in [0.3, 0.4) is 0 Å². The third kappa shape index (κ3) is 4.45. The lowest BCUT2D eigenvalue weighted by Gasteiger charge is -2.28. The van der Waals surface area contributed by atoms with Gasteiger partial charge in [-0.15, -0.1) is 0 Å². The fourth-order valence-corrected chi connectivity index (χ4v) is 4.69. The Bertz CT molecular complexity index is 1440. The molecule has 1 aromatic carbocycles. The van der Waals surface area contributed by atoms with E-state index in [1.54, 1.807) is 21.8 Å². The standard InChI is InChI=1S/C26H30N6O3/c1-15-18-9-8-16(12-22(18)31(5)30-15)24(33)29-23-13-19-17(14-27-23)11-20(28-19)21-7-6-10-32(21)25(34)35-26(2,3)4/h8-9,11-14,21,28H,6-7,10H2,1-5H3,(H,27,29,33)/t21-/m1/s1. The van der Waals surface area contributed by atoms with Crippen LogP contribution in [0.1, 0.15) is 61.4 Å². The Balaban J connectivity index is 1.36. The number of rotatable bonds is 3. The fraction of sp³-hybridized carbons (Fsp3) is 0.385. The van der Waals surface area contributed by atoms with Gasteiger partial charge in [0.05, 0.1) is 22.8 Å². The van der Waals surface area contributed by atoms with Gasteiger partial charge >= 0.3 is 6.09 Å². The molecule has 2 N–H and O–H groups in total. The molecule has 0 saturated carbocycles. The van der Waals surface area contributed by atoms with E-state index in [-0.39, 0.29) is 18.0 Å². The van der Waals surface area contributed by atoms with Crippen LogP contribution in [0.4, 0.5) is 10.6 Å². The molecule has 1 aliphatic heterocycles. The van der Waals surface area contributed by atoms with Gasteiger partial charge in [0.1, 0.15) is 11.4 Å². The number of aromatic nitrogens is 4. The summed E-state index contributed by atoms with van der Waals surface area (Å²) < 4.78 is 7.37. The minimum absolute atomic E-state index is 0.0793. The van der Waals surface area contributed by atoms with E-state index in [9.17, 15) is 9.59 Å². The van der Waals surface area contributed by atoms with E-state index in [0.717, 1.165) is 46.0 Å². The first-order chi connectivity index (χ1) is 16.6. The normalized spacial score (nSPS) is 16.3. The summed E-state index contributed by atoms with van der Waals surface area (Å²) in [7, 11) is 1.86. The van der Waals surface area contributed by atoms with Gasteiger partial charge in [-0.3, -0.25) is 14.4 Å². The van der Waals surface area contributed by atoms with Crippen molar-refractivity contribution in [1.82, 2.24) is 24.6 Å². The van der Waals surface area contributed by atoms with Crippen LogP contribution >= 0.6 is 0 Å². The number of aryl methyl sites for hydroxylation is 2. The van der Waals surface area contributed by atoms with Crippen LogP contribution in [0.25, 0.3) is 21.8 Å². The van der Waals surface area contributed by atoms with Crippen molar-refractivity contribution in [2.24, 2.45) is 7.05 Å². The van der Waals surface area contributed by atoms with Crippen LogP contribution in [-0.2, 0) is 11.8 Å². The topological polar surface area (TPSA) is 105 Å². The zero-order chi connectivity index (χ0) is 24.9. The number of carbonyl (C=O) groups excluding carboxylic acids is 2. The van der Waals surface area contributed by atoms with Crippen LogP contribution in [0.5, 0.6) is 0 Å². The van der Waals surface area contributed by atoms with Gasteiger partial charge in [0.2, 0.25) is 0 Å². The molecule has 0 unspecified atom stereocenters. The quantitative estimate of drug-likeness (QED) is 0.431. The highest BCUT2D eigenvalue weighted by Crippen LogP contribution is 2.34. The highest BCUT2D eigenvalue weighted by Gasteiger charge is 2.34. The second-order valence-corrected chi connectivity index (χ2v) is 10.1. The van der Waals surface area contributed by atoms with Gasteiger partial charge in [0.15, 0.2) is 0 Å². The highest BCUT2D eigenvalue weighted by molar-refractivity contribution is 6.06. The fourth-order valence-electron chi connectivity index (χ4n) is 4.69. The van der Waals surface area contributed by atoms with E-state index in [2.05, 4.69) is 20.4 Å². The molecule has 3 aromatic heterocycles. The lowest BCUT2D eigenvalue weighted by Crippen LogP contribution is -2.36. The van der Waals surface area contributed by atoms with Crippen LogP contribution < -0.4 is 5.32 Å². The molecular weight excluding hydrogens is 444 g/mol. The largest absolute Gasteiger partial charge is 0.444 e. The van der Waals surface area contributed by atoms with Gasteiger partial charge in [0, 0.05) is 47.9 Å². The van der Waals surface area contributed by atoms with Gasteiger partial charge in [0.25, 0.3) is 5.91 Å². The van der Waals surface area contributed by atoms with Crippen molar-refractivity contribution >= 4 is 39.6 Å². The number of amides is 2. The third-order valence-electron chi connectivity index (χ3n) is 6.30. The molecule has 182 valence electrons. The Kier molecular flexibility index (Phi) is 5.50. The molecule has 0 aliphatic carbocycles. The van der Waals surface area contributed by atoms with E-state index in [1.165, 1.54) is 0 Å². The average Bonchev–Trinajstić information content (AvgIpc) is 3.49. The summed E-state index contributed by atoms with van der Waals surface area (Å²) in [6.45, 7) is 8.22. The second kappa shape index (κ2) is 8.41. The van der Waals surface area contributed by atoms with Crippen molar-refractivity contribution in [1.29, 1.82) is 0 Å². The van der Waals surface area contributed by atoms with Gasteiger partial charge in [-0.1, -0.05) is 6.07 Å². The number of likely N-dealkylation sites (tertiary alicyclic amines) is 1. The Morgan fingerprint density at radius 1 is 1.20 bits per heavy atom. The summed E-state index contributed by atoms with van der Waals surface area (Å²) in [6.07, 6.45) is 3.20. The maximum atomic E-state index is 12.9. The Hall–Kier alpha value is -3.88. The number of carbonyl (C=O) groups is 2. The molecule has 0 spiro atoms. The summed E-state index contributed by atoms with van der Waals surface area (Å²) >= 11 is 0. The minimum Gasteiger partial charge on any atom is -0.444 e. The zero-order valence-electron chi connectivity index (χ0n) is 20.7. The van der Waals surface area contributed by atoms with Gasteiger partial charge < -0.3 is 15.0 Å². The Morgan fingerprint density at radius 3 is 2.77 bits per heavy atom. The van der Waals surface area contributed by atoms with E-state index < -0.39 is 5.60 Å². The highest BCUT2D eigenvalue weighted by atomic mass is 16.6. The van der Waals surface area contributed by atoms with E-state index in [1.807, 2.05) is 59.0 Å². The number of ether oxygens (including phenoxy) is 1. The molecule has 0 radical (unpaired) electrons. The second-order valence-electron chi connectivity index (χ2n) is 10.1. The molecule has 35 heavy (non-hydrogen) atoms. The number of nitrogens with one attached hydrogen (secondary N) is 2. The molecule has 2 amide bonds. The van der Waals surface area contributed by atoms with Crippen molar-refractivity contribution in [3.8, 4) is 0 Å². The molecule has 4 heterocycles. The molecule has 1 atom stereocenters.